The highest BCUT2D eigenvalue weighted by molar-refractivity contribution is 5.76. The number of aliphatic hydroxyl groups is 1. The summed E-state index contributed by atoms with van der Waals surface area (Å²) in [5, 5.41) is 12.3. The third-order valence-electron chi connectivity index (χ3n) is 3.46. The highest BCUT2D eigenvalue weighted by Crippen LogP contribution is 2.09. The minimum atomic E-state index is -0.0338. The molecule has 2 N–H and O–H groups in total. The van der Waals surface area contributed by atoms with Gasteiger partial charge in [0.15, 0.2) is 0 Å². The van der Waals surface area contributed by atoms with Crippen LogP contribution in [-0.4, -0.2) is 29.1 Å². The predicted octanol–water partition coefficient (Wildman–Crippen LogP) is 1.88. The Balaban J connectivity index is 1.71. The average Bonchev–Trinajstić information content (AvgIpc) is 2.96. The first-order chi connectivity index (χ1) is 10.7. The Labute approximate surface area is 130 Å². The van der Waals surface area contributed by atoms with Gasteiger partial charge in [-0.05, 0) is 37.6 Å². The molecule has 0 radical (unpaired) electrons. The standard InChI is InChI=1S/C17H22N2O3/c1-13-5-6-16(22-13)7-8-17(21)19-11-14(12-20)10-15-4-2-3-9-18-15/h2-6,9,14,20H,7-8,10-12H2,1H3,(H,19,21). The van der Waals surface area contributed by atoms with Gasteiger partial charge in [0.2, 0.25) is 5.91 Å². The fraction of sp³-hybridized carbons (Fsp3) is 0.412. The molecular weight excluding hydrogens is 280 g/mol. The van der Waals surface area contributed by atoms with Crippen LogP contribution in [0.2, 0.25) is 0 Å². The largest absolute Gasteiger partial charge is 0.466 e. The maximum absolute atomic E-state index is 11.8. The van der Waals surface area contributed by atoms with Crippen LogP contribution in [0.5, 0.6) is 0 Å². The number of hydrogen-bond donors (Lipinski definition) is 2. The lowest BCUT2D eigenvalue weighted by Crippen LogP contribution is -2.32. The second-order valence-electron chi connectivity index (χ2n) is 5.39. The number of furan rings is 1. The lowest BCUT2D eigenvalue weighted by molar-refractivity contribution is -0.121. The molecule has 0 aliphatic rings. The lowest BCUT2D eigenvalue weighted by atomic mass is 10.0. The van der Waals surface area contributed by atoms with Crippen molar-refractivity contribution in [1.82, 2.24) is 10.3 Å². The maximum Gasteiger partial charge on any atom is 0.220 e. The number of aromatic nitrogens is 1. The van der Waals surface area contributed by atoms with Crippen LogP contribution in [0.1, 0.15) is 23.6 Å². The van der Waals surface area contributed by atoms with Crippen molar-refractivity contribution in [2.24, 2.45) is 5.92 Å². The Kier molecular flexibility index (Phi) is 6.15. The molecule has 0 fully saturated rings. The van der Waals surface area contributed by atoms with Gasteiger partial charge in [-0.25, -0.2) is 0 Å². The molecule has 2 heterocycles. The zero-order valence-corrected chi connectivity index (χ0v) is 12.8. The summed E-state index contributed by atoms with van der Waals surface area (Å²) in [5.74, 6) is 1.61. The van der Waals surface area contributed by atoms with E-state index in [0.717, 1.165) is 17.2 Å². The molecule has 1 amide bonds. The first-order valence-corrected chi connectivity index (χ1v) is 7.50. The smallest absolute Gasteiger partial charge is 0.220 e. The Bertz CT molecular complexity index is 581. The molecule has 5 nitrogen and oxygen atoms in total. The van der Waals surface area contributed by atoms with Crippen LogP contribution in [0.25, 0.3) is 0 Å². The van der Waals surface area contributed by atoms with Gasteiger partial charge in [-0.15, -0.1) is 0 Å². The Hall–Kier alpha value is -2.14. The molecule has 5 heteroatoms. The van der Waals surface area contributed by atoms with Gasteiger partial charge in [0.05, 0.1) is 0 Å². The molecule has 0 spiro atoms. The van der Waals surface area contributed by atoms with E-state index in [-0.39, 0.29) is 18.4 Å². The monoisotopic (exact) mass is 302 g/mol. The molecule has 0 saturated carbocycles. The molecule has 2 aromatic rings. The van der Waals surface area contributed by atoms with Crippen LogP contribution in [0.15, 0.2) is 40.9 Å². The zero-order chi connectivity index (χ0) is 15.8. The Morgan fingerprint density at radius 1 is 1.36 bits per heavy atom. The number of nitrogens with one attached hydrogen (secondary N) is 1. The van der Waals surface area contributed by atoms with Crippen molar-refractivity contribution in [2.75, 3.05) is 13.2 Å². The van der Waals surface area contributed by atoms with Crippen LogP contribution < -0.4 is 5.32 Å². The van der Waals surface area contributed by atoms with Gasteiger partial charge in [0.1, 0.15) is 11.5 Å². The van der Waals surface area contributed by atoms with Gasteiger partial charge in [-0.3, -0.25) is 9.78 Å². The molecule has 0 bridgehead atoms. The fourth-order valence-corrected chi connectivity index (χ4v) is 2.22. The first-order valence-electron chi connectivity index (χ1n) is 7.50. The van der Waals surface area contributed by atoms with Gasteiger partial charge >= 0.3 is 0 Å². The lowest BCUT2D eigenvalue weighted by Gasteiger charge is -2.14. The number of amides is 1. The molecule has 2 aromatic heterocycles. The zero-order valence-electron chi connectivity index (χ0n) is 12.8. The average molecular weight is 302 g/mol. The summed E-state index contributed by atoms with van der Waals surface area (Å²) < 4.78 is 5.43. The van der Waals surface area contributed by atoms with Crippen LogP contribution in [0.4, 0.5) is 0 Å². The van der Waals surface area contributed by atoms with Crippen LogP contribution in [0.3, 0.4) is 0 Å². The summed E-state index contributed by atoms with van der Waals surface area (Å²) in [5.41, 5.74) is 0.918. The van der Waals surface area contributed by atoms with E-state index in [1.165, 1.54) is 0 Å². The highest BCUT2D eigenvalue weighted by atomic mass is 16.3. The number of hydrogen-bond acceptors (Lipinski definition) is 4. The summed E-state index contributed by atoms with van der Waals surface area (Å²) in [6.45, 7) is 2.35. The van der Waals surface area contributed by atoms with E-state index in [1.807, 2.05) is 37.3 Å². The number of rotatable bonds is 8. The van der Waals surface area contributed by atoms with Gasteiger partial charge in [0, 0.05) is 43.8 Å². The number of carbonyl (C=O) groups excluding carboxylic acids is 1. The van der Waals surface area contributed by atoms with Crippen molar-refractivity contribution >= 4 is 5.91 Å². The van der Waals surface area contributed by atoms with E-state index < -0.39 is 0 Å². The molecule has 0 saturated heterocycles. The fourth-order valence-electron chi connectivity index (χ4n) is 2.22. The van der Waals surface area contributed by atoms with E-state index in [0.29, 0.717) is 25.8 Å². The molecule has 0 aromatic carbocycles. The summed E-state index contributed by atoms with van der Waals surface area (Å²) in [6.07, 6.45) is 3.35. The molecular formula is C17H22N2O3. The summed E-state index contributed by atoms with van der Waals surface area (Å²) in [4.78, 5) is 16.1. The van der Waals surface area contributed by atoms with E-state index >= 15 is 0 Å². The predicted molar refractivity (Wildman–Crippen MR) is 83.3 cm³/mol. The van der Waals surface area contributed by atoms with Crippen molar-refractivity contribution in [3.63, 3.8) is 0 Å². The second-order valence-corrected chi connectivity index (χ2v) is 5.39. The maximum atomic E-state index is 11.8. The van der Waals surface area contributed by atoms with Crippen LogP contribution >= 0.6 is 0 Å². The number of carbonyl (C=O) groups is 1. The van der Waals surface area contributed by atoms with E-state index in [2.05, 4.69) is 10.3 Å². The van der Waals surface area contributed by atoms with E-state index in [9.17, 15) is 9.90 Å². The molecule has 2 rings (SSSR count). The normalized spacial score (nSPS) is 12.1. The quantitative estimate of drug-likeness (QED) is 0.781. The molecule has 118 valence electrons. The number of aryl methyl sites for hydroxylation is 2. The third kappa shape index (κ3) is 5.33. The van der Waals surface area contributed by atoms with Crippen molar-refractivity contribution < 1.29 is 14.3 Å². The van der Waals surface area contributed by atoms with Crippen molar-refractivity contribution in [1.29, 1.82) is 0 Å². The van der Waals surface area contributed by atoms with Gasteiger partial charge in [0.25, 0.3) is 0 Å². The summed E-state index contributed by atoms with van der Waals surface area (Å²) in [7, 11) is 0. The topological polar surface area (TPSA) is 75.4 Å². The molecule has 1 atom stereocenters. The van der Waals surface area contributed by atoms with Crippen molar-refractivity contribution in [3.8, 4) is 0 Å². The molecule has 0 aliphatic carbocycles. The summed E-state index contributed by atoms with van der Waals surface area (Å²) >= 11 is 0. The second kappa shape index (κ2) is 8.34. The number of nitrogens with zero attached hydrogens (tertiary/aromatic N) is 1. The summed E-state index contributed by atoms with van der Waals surface area (Å²) in [6, 6.07) is 9.47. The van der Waals surface area contributed by atoms with E-state index in [4.69, 9.17) is 4.42 Å². The van der Waals surface area contributed by atoms with Crippen molar-refractivity contribution in [3.05, 3.63) is 53.7 Å². The van der Waals surface area contributed by atoms with Crippen LogP contribution in [-0.2, 0) is 17.6 Å². The molecule has 22 heavy (non-hydrogen) atoms. The third-order valence-corrected chi connectivity index (χ3v) is 3.46. The first kappa shape index (κ1) is 16.2. The van der Waals surface area contributed by atoms with E-state index in [1.54, 1.807) is 6.20 Å². The minimum absolute atomic E-state index is 0.0221. The highest BCUT2D eigenvalue weighted by Gasteiger charge is 2.11. The van der Waals surface area contributed by atoms with Gasteiger partial charge in [-0.2, -0.15) is 0 Å². The van der Waals surface area contributed by atoms with Crippen molar-refractivity contribution in [2.45, 2.75) is 26.2 Å². The van der Waals surface area contributed by atoms with Gasteiger partial charge in [-0.1, -0.05) is 6.07 Å². The molecule has 1 unspecified atom stereocenters. The molecule has 0 aliphatic heterocycles. The Morgan fingerprint density at radius 2 is 2.23 bits per heavy atom. The SMILES string of the molecule is Cc1ccc(CCC(=O)NCC(CO)Cc2ccccn2)o1. The number of aliphatic hydroxyl groups excluding tert-OH is 1. The number of pyridine rings is 1. The minimum Gasteiger partial charge on any atom is -0.466 e. The Morgan fingerprint density at radius 3 is 2.86 bits per heavy atom. The van der Waals surface area contributed by atoms with Crippen LogP contribution in [0, 0.1) is 12.8 Å². The van der Waals surface area contributed by atoms with Gasteiger partial charge < -0.3 is 14.8 Å².